The Kier molecular flexibility index (Phi) is 2.19. The Hall–Kier alpha value is -0.860. The molecule has 18 heavy (non-hydrogen) atoms. The van der Waals surface area contributed by atoms with Gasteiger partial charge < -0.3 is 5.32 Å². The Labute approximate surface area is 108 Å². The second-order valence-electron chi connectivity index (χ2n) is 7.32. The summed E-state index contributed by atoms with van der Waals surface area (Å²) in [7, 11) is 0. The first-order chi connectivity index (χ1) is 8.63. The third kappa shape index (κ3) is 1.55. The zero-order valence-electron chi connectivity index (χ0n) is 10.8. The van der Waals surface area contributed by atoms with E-state index >= 15 is 0 Å². The maximum atomic E-state index is 11.7. The van der Waals surface area contributed by atoms with Crippen LogP contribution < -0.4 is 5.32 Å². The first kappa shape index (κ1) is 11.0. The molecule has 0 aromatic carbocycles. The van der Waals surface area contributed by atoms with E-state index in [1.165, 1.54) is 38.5 Å². The lowest BCUT2D eigenvalue weighted by atomic mass is 9.47. The smallest absolute Gasteiger partial charge is 0.227 e. The van der Waals surface area contributed by atoms with Crippen LogP contribution in [0.5, 0.6) is 0 Å². The van der Waals surface area contributed by atoms with E-state index in [2.05, 4.69) is 5.32 Å². The average Bonchev–Trinajstić information content (AvgIpc) is 2.25. The Balaban J connectivity index is 1.63. The highest BCUT2D eigenvalue weighted by Crippen LogP contribution is 2.61. The summed E-state index contributed by atoms with van der Waals surface area (Å²) in [4.78, 5) is 23.4. The van der Waals surface area contributed by atoms with E-state index in [0.717, 1.165) is 17.8 Å². The number of Topliss-reactive ketones (excluding diaryl/α,β-unsaturated/α-hetero) is 1. The second-order valence-corrected chi connectivity index (χ2v) is 7.32. The Bertz CT molecular complexity index is 363. The number of ketones is 1. The molecule has 0 aromatic rings. The second kappa shape index (κ2) is 3.58. The van der Waals surface area contributed by atoms with Crippen LogP contribution in [0.15, 0.2) is 0 Å². The van der Waals surface area contributed by atoms with Gasteiger partial charge in [-0.05, 0) is 61.7 Å². The molecule has 0 radical (unpaired) electrons. The first-order valence-corrected chi connectivity index (χ1v) is 7.44. The van der Waals surface area contributed by atoms with Crippen LogP contribution in [-0.2, 0) is 9.59 Å². The van der Waals surface area contributed by atoms with Crippen molar-refractivity contribution in [3.63, 3.8) is 0 Å². The largest absolute Gasteiger partial charge is 0.352 e. The normalized spacial score (nSPS) is 50.4. The van der Waals surface area contributed by atoms with Crippen LogP contribution in [0.2, 0.25) is 0 Å². The van der Waals surface area contributed by atoms with Crippen molar-refractivity contribution in [3.8, 4) is 0 Å². The van der Waals surface area contributed by atoms with Crippen LogP contribution in [0.25, 0.3) is 0 Å². The highest BCUT2D eigenvalue weighted by Gasteiger charge is 2.55. The van der Waals surface area contributed by atoms with E-state index in [9.17, 15) is 9.59 Å². The lowest BCUT2D eigenvalue weighted by Crippen LogP contribution is -2.59. The SMILES string of the molecule is O=C1CC(=O)NC(C23CC4CC(CC(C4)C2)C3)C1. The van der Waals surface area contributed by atoms with E-state index in [0.29, 0.717) is 6.42 Å². The minimum absolute atomic E-state index is 0.0352. The quantitative estimate of drug-likeness (QED) is 0.721. The Morgan fingerprint density at radius 2 is 1.50 bits per heavy atom. The van der Waals surface area contributed by atoms with Crippen LogP contribution in [0, 0.1) is 23.2 Å². The molecule has 1 saturated heterocycles. The fourth-order valence-corrected chi connectivity index (χ4v) is 5.75. The molecule has 1 amide bonds. The number of nitrogens with one attached hydrogen (secondary N) is 1. The highest BCUT2D eigenvalue weighted by atomic mass is 16.2. The summed E-state index contributed by atoms with van der Waals surface area (Å²) >= 11 is 0. The number of hydrogen-bond donors (Lipinski definition) is 1. The van der Waals surface area contributed by atoms with Gasteiger partial charge in [0.1, 0.15) is 5.78 Å². The molecular formula is C15H21NO2. The zero-order valence-corrected chi connectivity index (χ0v) is 10.8. The van der Waals surface area contributed by atoms with Crippen molar-refractivity contribution in [2.75, 3.05) is 0 Å². The van der Waals surface area contributed by atoms with Gasteiger partial charge in [0.15, 0.2) is 0 Å². The molecule has 1 atom stereocenters. The minimum Gasteiger partial charge on any atom is -0.352 e. The predicted molar refractivity (Wildman–Crippen MR) is 66.8 cm³/mol. The standard InChI is InChI=1S/C15H21NO2/c17-12-4-13(16-14(18)5-12)15-6-9-1-10(7-15)3-11(2-9)8-15/h9-11,13H,1-8H2,(H,16,18). The van der Waals surface area contributed by atoms with Crippen molar-refractivity contribution in [1.29, 1.82) is 0 Å². The van der Waals surface area contributed by atoms with Crippen molar-refractivity contribution >= 4 is 11.7 Å². The van der Waals surface area contributed by atoms with Crippen LogP contribution in [0.3, 0.4) is 0 Å². The molecule has 4 aliphatic carbocycles. The summed E-state index contributed by atoms with van der Waals surface area (Å²) in [5.74, 6) is 2.76. The summed E-state index contributed by atoms with van der Waals surface area (Å²) in [6.07, 6.45) is 8.72. The molecule has 5 fully saturated rings. The molecule has 5 rings (SSSR count). The molecule has 5 aliphatic rings. The Morgan fingerprint density at radius 3 is 2.00 bits per heavy atom. The number of hydrogen-bond acceptors (Lipinski definition) is 2. The van der Waals surface area contributed by atoms with E-state index in [-0.39, 0.29) is 29.6 Å². The zero-order chi connectivity index (χ0) is 12.3. The number of amides is 1. The van der Waals surface area contributed by atoms with Crippen molar-refractivity contribution in [1.82, 2.24) is 5.32 Å². The van der Waals surface area contributed by atoms with E-state index < -0.39 is 0 Å². The third-order valence-corrected chi connectivity index (χ3v) is 5.95. The van der Waals surface area contributed by atoms with Gasteiger partial charge in [0.2, 0.25) is 5.91 Å². The van der Waals surface area contributed by atoms with Crippen LogP contribution >= 0.6 is 0 Å². The number of carbonyl (C=O) groups is 2. The molecule has 1 aliphatic heterocycles. The molecule has 4 saturated carbocycles. The average molecular weight is 247 g/mol. The molecule has 1 heterocycles. The molecule has 98 valence electrons. The van der Waals surface area contributed by atoms with Crippen LogP contribution in [-0.4, -0.2) is 17.7 Å². The van der Waals surface area contributed by atoms with Crippen LogP contribution in [0.4, 0.5) is 0 Å². The maximum Gasteiger partial charge on any atom is 0.227 e. The number of piperidine rings is 1. The number of rotatable bonds is 1. The minimum atomic E-state index is -0.0352. The third-order valence-electron chi connectivity index (χ3n) is 5.95. The van der Waals surface area contributed by atoms with Gasteiger partial charge in [-0.25, -0.2) is 0 Å². The van der Waals surface area contributed by atoms with Gasteiger partial charge in [-0.15, -0.1) is 0 Å². The van der Waals surface area contributed by atoms with Crippen molar-refractivity contribution in [3.05, 3.63) is 0 Å². The molecule has 3 nitrogen and oxygen atoms in total. The van der Waals surface area contributed by atoms with Gasteiger partial charge in [0.25, 0.3) is 0 Å². The first-order valence-electron chi connectivity index (χ1n) is 7.44. The van der Waals surface area contributed by atoms with Crippen molar-refractivity contribution in [2.24, 2.45) is 23.2 Å². The molecule has 1 unspecified atom stereocenters. The summed E-state index contributed by atoms with van der Waals surface area (Å²) in [5, 5.41) is 3.14. The molecule has 3 heteroatoms. The topological polar surface area (TPSA) is 46.2 Å². The summed E-state index contributed by atoms with van der Waals surface area (Å²) in [5.41, 5.74) is 0.278. The lowest BCUT2D eigenvalue weighted by Gasteiger charge is -2.59. The van der Waals surface area contributed by atoms with Gasteiger partial charge in [-0.2, -0.15) is 0 Å². The summed E-state index contributed by atoms with van der Waals surface area (Å²) < 4.78 is 0. The predicted octanol–water partition coefficient (Wildman–Crippen LogP) is 2.05. The van der Waals surface area contributed by atoms with Gasteiger partial charge in [0.05, 0.1) is 6.42 Å². The van der Waals surface area contributed by atoms with Gasteiger partial charge in [-0.1, -0.05) is 0 Å². The molecule has 1 N–H and O–H groups in total. The summed E-state index contributed by atoms with van der Waals surface area (Å²) in [6, 6.07) is 0.152. The molecular weight excluding hydrogens is 226 g/mol. The van der Waals surface area contributed by atoms with Gasteiger partial charge >= 0.3 is 0 Å². The number of carbonyl (C=O) groups excluding carboxylic acids is 2. The van der Waals surface area contributed by atoms with Crippen molar-refractivity contribution in [2.45, 2.75) is 57.4 Å². The lowest BCUT2D eigenvalue weighted by molar-refractivity contribution is -0.139. The Morgan fingerprint density at radius 1 is 0.944 bits per heavy atom. The van der Waals surface area contributed by atoms with Crippen LogP contribution in [0.1, 0.15) is 51.4 Å². The van der Waals surface area contributed by atoms with Crippen molar-refractivity contribution < 1.29 is 9.59 Å². The highest BCUT2D eigenvalue weighted by molar-refractivity contribution is 6.00. The van der Waals surface area contributed by atoms with E-state index in [1.807, 2.05) is 0 Å². The molecule has 0 aromatic heterocycles. The van der Waals surface area contributed by atoms with Gasteiger partial charge in [0, 0.05) is 12.5 Å². The fraction of sp³-hybridized carbons (Fsp3) is 0.867. The summed E-state index contributed by atoms with van der Waals surface area (Å²) in [6.45, 7) is 0. The maximum absolute atomic E-state index is 11.7. The monoisotopic (exact) mass is 247 g/mol. The van der Waals surface area contributed by atoms with E-state index in [4.69, 9.17) is 0 Å². The molecule has 0 spiro atoms. The van der Waals surface area contributed by atoms with Gasteiger partial charge in [-0.3, -0.25) is 9.59 Å². The van der Waals surface area contributed by atoms with E-state index in [1.54, 1.807) is 0 Å². The molecule has 4 bridgehead atoms. The fourth-order valence-electron chi connectivity index (χ4n) is 5.75.